The van der Waals surface area contributed by atoms with E-state index in [1.807, 2.05) is 6.92 Å². The molecule has 0 saturated heterocycles. The summed E-state index contributed by atoms with van der Waals surface area (Å²) in [5, 5.41) is 0. The van der Waals surface area contributed by atoms with Gasteiger partial charge in [-0.2, -0.15) is 0 Å². The molecule has 4 nitrogen and oxygen atoms in total. The van der Waals surface area contributed by atoms with Crippen molar-refractivity contribution in [1.82, 2.24) is 0 Å². The van der Waals surface area contributed by atoms with E-state index in [1.165, 1.54) is 102 Å². The molecule has 0 N–H and O–H groups in total. The summed E-state index contributed by atoms with van der Waals surface area (Å²) in [7, 11) is 0. The second-order valence-corrected chi connectivity index (χ2v) is 9.28. The lowest BCUT2D eigenvalue weighted by atomic mass is 10.0. The van der Waals surface area contributed by atoms with Crippen molar-refractivity contribution in [3.63, 3.8) is 0 Å². The molecule has 0 aromatic heterocycles. The van der Waals surface area contributed by atoms with Gasteiger partial charge in [0, 0.05) is 12.2 Å². The van der Waals surface area contributed by atoms with Crippen molar-refractivity contribution in [2.24, 2.45) is 5.92 Å². The molecule has 1 atom stereocenters. The van der Waals surface area contributed by atoms with Crippen LogP contribution in [-0.2, 0) is 19.1 Å². The molecule has 31 heavy (non-hydrogen) atoms. The van der Waals surface area contributed by atoms with Gasteiger partial charge < -0.3 is 9.47 Å². The van der Waals surface area contributed by atoms with Gasteiger partial charge in [-0.3, -0.25) is 0 Å². The molecule has 4 heteroatoms. The molecule has 0 amide bonds. The standard InChI is InChI=1S/C27H48O4/c1-3-4-5-6-7-8-9-10-11-12-13-14-15-18-23-30-26(28)21-22-27(29)31-24(2)25-19-16-17-20-25/h21-22,24-25H,3-20,23H2,1-2H3/b22-21+. The van der Waals surface area contributed by atoms with Crippen molar-refractivity contribution in [1.29, 1.82) is 0 Å². The van der Waals surface area contributed by atoms with E-state index in [0.717, 1.165) is 25.7 Å². The second-order valence-electron chi connectivity index (χ2n) is 9.28. The van der Waals surface area contributed by atoms with Crippen molar-refractivity contribution in [3.05, 3.63) is 12.2 Å². The number of carbonyl (C=O) groups excluding carboxylic acids is 2. The maximum Gasteiger partial charge on any atom is 0.331 e. The Bertz CT molecular complexity index is 480. The molecule has 0 radical (unpaired) electrons. The predicted molar refractivity (Wildman–Crippen MR) is 128 cm³/mol. The maximum absolute atomic E-state index is 11.8. The maximum atomic E-state index is 11.8. The molecule has 0 spiro atoms. The molecule has 0 aromatic rings. The van der Waals surface area contributed by atoms with E-state index in [0.29, 0.717) is 12.5 Å². The van der Waals surface area contributed by atoms with Crippen LogP contribution in [-0.4, -0.2) is 24.6 Å². The first-order chi connectivity index (χ1) is 15.1. The number of hydrogen-bond acceptors (Lipinski definition) is 4. The minimum Gasteiger partial charge on any atom is -0.463 e. The SMILES string of the molecule is CCCCCCCCCCCCCCCCOC(=O)/C=C/C(=O)OC(C)C1CCCC1. The molecule has 0 bridgehead atoms. The summed E-state index contributed by atoms with van der Waals surface area (Å²) in [5.41, 5.74) is 0. The molecule has 0 aliphatic heterocycles. The van der Waals surface area contributed by atoms with Crippen LogP contribution in [0.4, 0.5) is 0 Å². The van der Waals surface area contributed by atoms with Crippen LogP contribution in [0.1, 0.15) is 129 Å². The largest absolute Gasteiger partial charge is 0.463 e. The highest BCUT2D eigenvalue weighted by atomic mass is 16.5. The van der Waals surface area contributed by atoms with Crippen LogP contribution >= 0.6 is 0 Å². The Kier molecular flexibility index (Phi) is 17.3. The zero-order chi connectivity index (χ0) is 22.6. The van der Waals surface area contributed by atoms with Crippen molar-refractivity contribution >= 4 is 11.9 Å². The first-order valence-corrected chi connectivity index (χ1v) is 13.2. The lowest BCUT2D eigenvalue weighted by molar-refractivity contribution is -0.145. The van der Waals surface area contributed by atoms with Crippen LogP contribution in [0.5, 0.6) is 0 Å². The van der Waals surface area contributed by atoms with Gasteiger partial charge in [-0.15, -0.1) is 0 Å². The van der Waals surface area contributed by atoms with Gasteiger partial charge in [0.15, 0.2) is 0 Å². The lowest BCUT2D eigenvalue weighted by Gasteiger charge is -2.18. The molecule has 1 saturated carbocycles. The fourth-order valence-corrected chi connectivity index (χ4v) is 4.40. The first-order valence-electron chi connectivity index (χ1n) is 13.2. The summed E-state index contributed by atoms with van der Waals surface area (Å²) in [6, 6.07) is 0. The van der Waals surface area contributed by atoms with E-state index in [1.54, 1.807) is 0 Å². The van der Waals surface area contributed by atoms with E-state index in [2.05, 4.69) is 6.92 Å². The monoisotopic (exact) mass is 436 g/mol. The van der Waals surface area contributed by atoms with Crippen LogP contribution in [0.15, 0.2) is 12.2 Å². The van der Waals surface area contributed by atoms with Gasteiger partial charge in [0.05, 0.1) is 6.61 Å². The molecule has 1 rings (SSSR count). The highest BCUT2D eigenvalue weighted by Gasteiger charge is 2.23. The molecule has 1 aliphatic rings. The van der Waals surface area contributed by atoms with Gasteiger partial charge in [0.2, 0.25) is 0 Å². The Morgan fingerprint density at radius 2 is 1.19 bits per heavy atom. The minimum atomic E-state index is -0.458. The van der Waals surface area contributed by atoms with Gasteiger partial charge in [0.25, 0.3) is 0 Å². The topological polar surface area (TPSA) is 52.6 Å². The normalized spacial score (nSPS) is 15.4. The summed E-state index contributed by atoms with van der Waals surface area (Å²) >= 11 is 0. The van der Waals surface area contributed by atoms with Crippen LogP contribution in [0.3, 0.4) is 0 Å². The van der Waals surface area contributed by atoms with E-state index in [9.17, 15) is 9.59 Å². The number of ether oxygens (including phenoxy) is 2. The smallest absolute Gasteiger partial charge is 0.331 e. The Balaban J connectivity index is 1.86. The Morgan fingerprint density at radius 1 is 0.742 bits per heavy atom. The molecular weight excluding hydrogens is 388 g/mol. The predicted octanol–water partition coefficient (Wildman–Crippen LogP) is 7.69. The molecule has 1 aliphatic carbocycles. The third-order valence-corrected chi connectivity index (χ3v) is 6.46. The second kappa shape index (κ2) is 19.4. The van der Waals surface area contributed by atoms with Crippen molar-refractivity contribution in [2.75, 3.05) is 6.61 Å². The number of carbonyl (C=O) groups is 2. The van der Waals surface area contributed by atoms with Crippen molar-refractivity contribution in [2.45, 2.75) is 136 Å². The summed E-state index contributed by atoms with van der Waals surface area (Å²) in [6.07, 6.45) is 25.2. The Morgan fingerprint density at radius 3 is 1.71 bits per heavy atom. The van der Waals surface area contributed by atoms with Crippen LogP contribution in [0.25, 0.3) is 0 Å². The summed E-state index contributed by atoms with van der Waals surface area (Å²) in [5.74, 6) is -0.447. The van der Waals surface area contributed by atoms with Crippen LogP contribution < -0.4 is 0 Å². The highest BCUT2D eigenvalue weighted by molar-refractivity contribution is 5.91. The quantitative estimate of drug-likeness (QED) is 0.118. The Hall–Kier alpha value is -1.32. The minimum absolute atomic E-state index is 0.0776. The number of unbranched alkanes of at least 4 members (excludes halogenated alkanes) is 13. The Labute approximate surface area is 191 Å². The van der Waals surface area contributed by atoms with Gasteiger partial charge in [0.1, 0.15) is 6.10 Å². The fraction of sp³-hybridized carbons (Fsp3) is 0.852. The highest BCUT2D eigenvalue weighted by Crippen LogP contribution is 2.29. The van der Waals surface area contributed by atoms with E-state index in [4.69, 9.17) is 9.47 Å². The van der Waals surface area contributed by atoms with Crippen LogP contribution in [0.2, 0.25) is 0 Å². The molecule has 0 aromatic carbocycles. The number of esters is 2. The number of hydrogen-bond donors (Lipinski definition) is 0. The average Bonchev–Trinajstić information content (AvgIpc) is 3.30. The first kappa shape index (κ1) is 27.7. The van der Waals surface area contributed by atoms with E-state index < -0.39 is 11.9 Å². The summed E-state index contributed by atoms with van der Waals surface area (Å²) in [6.45, 7) is 4.63. The zero-order valence-corrected chi connectivity index (χ0v) is 20.4. The van der Waals surface area contributed by atoms with E-state index in [-0.39, 0.29) is 6.10 Å². The fourth-order valence-electron chi connectivity index (χ4n) is 4.40. The van der Waals surface area contributed by atoms with Crippen molar-refractivity contribution in [3.8, 4) is 0 Å². The molecule has 0 heterocycles. The molecular formula is C27H48O4. The third-order valence-electron chi connectivity index (χ3n) is 6.46. The third kappa shape index (κ3) is 16.0. The summed E-state index contributed by atoms with van der Waals surface area (Å²) < 4.78 is 10.6. The van der Waals surface area contributed by atoms with Crippen LogP contribution in [0, 0.1) is 5.92 Å². The summed E-state index contributed by atoms with van der Waals surface area (Å²) in [4.78, 5) is 23.5. The van der Waals surface area contributed by atoms with E-state index >= 15 is 0 Å². The number of rotatable bonds is 19. The average molecular weight is 437 g/mol. The van der Waals surface area contributed by atoms with Gasteiger partial charge in [-0.1, -0.05) is 103 Å². The van der Waals surface area contributed by atoms with Gasteiger partial charge >= 0.3 is 11.9 Å². The molecule has 180 valence electrons. The zero-order valence-electron chi connectivity index (χ0n) is 20.4. The van der Waals surface area contributed by atoms with Crippen molar-refractivity contribution < 1.29 is 19.1 Å². The molecule has 1 fully saturated rings. The lowest BCUT2D eigenvalue weighted by Crippen LogP contribution is -2.21. The van der Waals surface area contributed by atoms with Gasteiger partial charge in [-0.05, 0) is 32.1 Å². The van der Waals surface area contributed by atoms with Gasteiger partial charge in [-0.25, -0.2) is 9.59 Å². The molecule has 1 unspecified atom stereocenters.